The van der Waals surface area contributed by atoms with Gasteiger partial charge >= 0.3 is 0 Å². The normalized spacial score (nSPS) is 10.4. The summed E-state index contributed by atoms with van der Waals surface area (Å²) < 4.78 is 0. The van der Waals surface area contributed by atoms with E-state index in [9.17, 15) is 0 Å². The molecule has 2 aromatic carbocycles. The van der Waals surface area contributed by atoms with Gasteiger partial charge in [0.25, 0.3) is 0 Å². The molecular formula is C20H22N4. The van der Waals surface area contributed by atoms with Gasteiger partial charge in [-0.15, -0.1) is 0 Å². The van der Waals surface area contributed by atoms with E-state index >= 15 is 0 Å². The Kier molecular flexibility index (Phi) is 5.06. The average molecular weight is 318 g/mol. The summed E-state index contributed by atoms with van der Waals surface area (Å²) in [6, 6.07) is 18.8. The Bertz CT molecular complexity index is 779. The van der Waals surface area contributed by atoms with Crippen molar-refractivity contribution in [2.45, 2.75) is 26.8 Å². The molecule has 0 radical (unpaired) electrons. The lowest BCUT2D eigenvalue weighted by Crippen LogP contribution is -2.03. The Morgan fingerprint density at radius 1 is 0.833 bits per heavy atom. The van der Waals surface area contributed by atoms with Gasteiger partial charge in [-0.2, -0.15) is 0 Å². The Labute approximate surface area is 143 Å². The van der Waals surface area contributed by atoms with Crippen molar-refractivity contribution in [3.05, 3.63) is 77.6 Å². The third-order valence-corrected chi connectivity index (χ3v) is 3.90. The number of nitrogens with zero attached hydrogens (tertiary/aromatic N) is 2. The molecule has 4 heteroatoms. The predicted molar refractivity (Wildman–Crippen MR) is 99.6 cm³/mol. The van der Waals surface area contributed by atoms with Crippen LogP contribution >= 0.6 is 0 Å². The van der Waals surface area contributed by atoms with E-state index in [1.807, 2.05) is 6.07 Å². The zero-order valence-electron chi connectivity index (χ0n) is 14.1. The van der Waals surface area contributed by atoms with Crippen LogP contribution < -0.4 is 10.6 Å². The van der Waals surface area contributed by atoms with Crippen LogP contribution in [0.25, 0.3) is 0 Å². The van der Waals surface area contributed by atoms with Crippen LogP contribution in [0.1, 0.15) is 23.6 Å². The van der Waals surface area contributed by atoms with Gasteiger partial charge in [0.2, 0.25) is 0 Å². The summed E-state index contributed by atoms with van der Waals surface area (Å²) in [6.45, 7) is 4.98. The van der Waals surface area contributed by atoms with Gasteiger partial charge < -0.3 is 10.6 Å². The maximum Gasteiger partial charge on any atom is 0.135 e. The zero-order chi connectivity index (χ0) is 16.8. The molecule has 3 aromatic rings. The number of rotatable bonds is 6. The summed E-state index contributed by atoms with van der Waals surface area (Å²) in [6.07, 6.45) is 2.61. The van der Waals surface area contributed by atoms with E-state index in [1.165, 1.54) is 16.7 Å². The van der Waals surface area contributed by atoms with Gasteiger partial charge in [0.15, 0.2) is 0 Å². The Morgan fingerprint density at radius 2 is 1.50 bits per heavy atom. The van der Waals surface area contributed by atoms with E-state index in [4.69, 9.17) is 0 Å². The Hall–Kier alpha value is -2.88. The first-order valence-corrected chi connectivity index (χ1v) is 8.20. The zero-order valence-corrected chi connectivity index (χ0v) is 14.1. The molecule has 1 aromatic heterocycles. The lowest BCUT2D eigenvalue weighted by molar-refractivity contribution is 1.08. The second kappa shape index (κ2) is 7.59. The summed E-state index contributed by atoms with van der Waals surface area (Å²) in [5, 5.41) is 6.64. The highest BCUT2D eigenvalue weighted by Gasteiger charge is 2.00. The van der Waals surface area contributed by atoms with Crippen LogP contribution in [0, 0.1) is 6.92 Å². The minimum atomic E-state index is 0.738. The topological polar surface area (TPSA) is 49.8 Å². The van der Waals surface area contributed by atoms with E-state index in [0.717, 1.165) is 30.3 Å². The Balaban J connectivity index is 1.63. The van der Waals surface area contributed by atoms with E-state index < -0.39 is 0 Å². The van der Waals surface area contributed by atoms with Crippen LogP contribution in [0.4, 0.5) is 17.3 Å². The van der Waals surface area contributed by atoms with Crippen molar-refractivity contribution in [3.8, 4) is 0 Å². The maximum absolute atomic E-state index is 4.28. The molecule has 0 aliphatic rings. The van der Waals surface area contributed by atoms with Gasteiger partial charge in [0.1, 0.15) is 18.0 Å². The minimum Gasteiger partial charge on any atom is -0.366 e. The van der Waals surface area contributed by atoms with Crippen molar-refractivity contribution < 1.29 is 0 Å². The summed E-state index contributed by atoms with van der Waals surface area (Å²) in [5.41, 5.74) is 4.84. The highest BCUT2D eigenvalue weighted by atomic mass is 15.1. The minimum absolute atomic E-state index is 0.738. The van der Waals surface area contributed by atoms with Crippen LogP contribution in [-0.4, -0.2) is 9.97 Å². The lowest BCUT2D eigenvalue weighted by atomic mass is 10.1. The van der Waals surface area contributed by atoms with Crippen LogP contribution in [0.2, 0.25) is 0 Å². The number of nitrogens with one attached hydrogen (secondary N) is 2. The standard InChI is InChI=1S/C20H22N4/c1-3-16-8-10-18(11-9-16)24-20-12-19(22-14-23-20)21-13-17-6-4-15(2)5-7-17/h4-12,14H,3,13H2,1-2H3,(H2,21,22,23,24). The molecule has 0 fully saturated rings. The van der Waals surface area contributed by atoms with Crippen LogP contribution in [0.3, 0.4) is 0 Å². The molecule has 24 heavy (non-hydrogen) atoms. The fourth-order valence-corrected chi connectivity index (χ4v) is 2.39. The second-order valence-electron chi connectivity index (χ2n) is 5.80. The average Bonchev–Trinajstić information content (AvgIpc) is 2.62. The third kappa shape index (κ3) is 4.32. The molecular weight excluding hydrogens is 296 g/mol. The molecule has 0 unspecified atom stereocenters. The van der Waals surface area contributed by atoms with Gasteiger partial charge in [-0.1, -0.05) is 48.9 Å². The maximum atomic E-state index is 4.28. The van der Waals surface area contributed by atoms with Crippen molar-refractivity contribution in [1.29, 1.82) is 0 Å². The molecule has 0 amide bonds. The fourth-order valence-electron chi connectivity index (χ4n) is 2.39. The summed E-state index contributed by atoms with van der Waals surface area (Å²) in [7, 11) is 0. The first kappa shape index (κ1) is 16.0. The SMILES string of the molecule is CCc1ccc(Nc2cc(NCc3ccc(C)cc3)ncn2)cc1. The molecule has 122 valence electrons. The Morgan fingerprint density at radius 3 is 2.21 bits per heavy atom. The molecule has 0 saturated heterocycles. The number of anilines is 3. The molecule has 0 saturated carbocycles. The van der Waals surface area contributed by atoms with E-state index in [2.05, 4.69) is 83.0 Å². The molecule has 0 spiro atoms. The molecule has 0 atom stereocenters. The van der Waals surface area contributed by atoms with E-state index in [1.54, 1.807) is 6.33 Å². The van der Waals surface area contributed by atoms with Crippen molar-refractivity contribution >= 4 is 17.3 Å². The van der Waals surface area contributed by atoms with E-state index in [-0.39, 0.29) is 0 Å². The monoisotopic (exact) mass is 318 g/mol. The summed E-state index contributed by atoms with van der Waals surface area (Å²) in [5.74, 6) is 1.58. The quantitative estimate of drug-likeness (QED) is 0.691. The van der Waals surface area contributed by atoms with Gasteiger partial charge in [-0.25, -0.2) is 9.97 Å². The van der Waals surface area contributed by atoms with Gasteiger partial charge in [-0.3, -0.25) is 0 Å². The number of hydrogen-bond acceptors (Lipinski definition) is 4. The fraction of sp³-hybridized carbons (Fsp3) is 0.200. The van der Waals surface area contributed by atoms with Crippen LogP contribution in [-0.2, 0) is 13.0 Å². The number of aromatic nitrogens is 2. The van der Waals surface area contributed by atoms with E-state index in [0.29, 0.717) is 0 Å². The van der Waals surface area contributed by atoms with Crippen molar-refractivity contribution in [3.63, 3.8) is 0 Å². The molecule has 0 aliphatic carbocycles. The van der Waals surface area contributed by atoms with Crippen molar-refractivity contribution in [2.75, 3.05) is 10.6 Å². The molecule has 3 rings (SSSR count). The van der Waals surface area contributed by atoms with Crippen molar-refractivity contribution in [2.24, 2.45) is 0 Å². The van der Waals surface area contributed by atoms with Gasteiger partial charge in [0.05, 0.1) is 0 Å². The molecule has 0 bridgehead atoms. The van der Waals surface area contributed by atoms with Crippen LogP contribution in [0.15, 0.2) is 60.9 Å². The number of hydrogen-bond donors (Lipinski definition) is 2. The van der Waals surface area contributed by atoms with Gasteiger partial charge in [0, 0.05) is 18.3 Å². The van der Waals surface area contributed by atoms with Crippen molar-refractivity contribution in [1.82, 2.24) is 9.97 Å². The summed E-state index contributed by atoms with van der Waals surface area (Å²) >= 11 is 0. The highest BCUT2D eigenvalue weighted by molar-refractivity contribution is 5.59. The summed E-state index contributed by atoms with van der Waals surface area (Å²) in [4.78, 5) is 8.56. The molecule has 2 N–H and O–H groups in total. The van der Waals surface area contributed by atoms with Gasteiger partial charge in [-0.05, 0) is 36.6 Å². The second-order valence-corrected chi connectivity index (χ2v) is 5.80. The predicted octanol–water partition coefficient (Wildman–Crippen LogP) is 4.70. The largest absolute Gasteiger partial charge is 0.366 e. The smallest absolute Gasteiger partial charge is 0.135 e. The first-order chi connectivity index (χ1) is 11.7. The molecule has 0 aliphatic heterocycles. The third-order valence-electron chi connectivity index (χ3n) is 3.90. The van der Waals surface area contributed by atoms with Crippen LogP contribution in [0.5, 0.6) is 0 Å². The first-order valence-electron chi connectivity index (χ1n) is 8.20. The number of aryl methyl sites for hydroxylation is 2. The molecule has 4 nitrogen and oxygen atoms in total. The number of benzene rings is 2. The molecule has 1 heterocycles. The highest BCUT2D eigenvalue weighted by Crippen LogP contribution is 2.17. The lowest BCUT2D eigenvalue weighted by Gasteiger charge is -2.09.